The molecule has 0 atom stereocenters. The lowest BCUT2D eigenvalue weighted by molar-refractivity contribution is -0.126. The average molecular weight is 496 g/mol. The number of aryl methyl sites for hydroxylation is 1. The lowest BCUT2D eigenvalue weighted by Crippen LogP contribution is -2.46. The Labute approximate surface area is 204 Å². The molecule has 3 heterocycles. The predicted octanol–water partition coefficient (Wildman–Crippen LogP) is 1.76. The number of rotatable bonds is 8. The molecule has 10 heteroatoms. The highest BCUT2D eigenvalue weighted by atomic mass is 32.2. The van der Waals surface area contributed by atoms with E-state index in [2.05, 4.69) is 24.1 Å². The first kappa shape index (κ1) is 26.7. The molecule has 0 aromatic carbocycles. The van der Waals surface area contributed by atoms with E-state index in [4.69, 9.17) is 0 Å². The van der Waals surface area contributed by atoms with Crippen molar-refractivity contribution >= 4 is 21.8 Å². The molecule has 0 spiro atoms. The number of piperidine rings is 2. The molecule has 2 aliphatic rings. The lowest BCUT2D eigenvalue weighted by atomic mass is 9.91. The maximum Gasteiger partial charge on any atom is 0.270 e. The molecule has 2 amide bonds. The minimum Gasteiger partial charge on any atom is -0.355 e. The van der Waals surface area contributed by atoms with E-state index in [1.807, 2.05) is 14.1 Å². The summed E-state index contributed by atoms with van der Waals surface area (Å²) in [6.07, 6.45) is 5.53. The van der Waals surface area contributed by atoms with Crippen molar-refractivity contribution in [1.29, 1.82) is 0 Å². The van der Waals surface area contributed by atoms with Crippen LogP contribution < -0.4 is 5.32 Å². The number of hydrogen-bond acceptors (Lipinski definition) is 5. The Balaban J connectivity index is 1.57. The van der Waals surface area contributed by atoms with Crippen LogP contribution in [0.2, 0.25) is 0 Å². The van der Waals surface area contributed by atoms with Crippen LogP contribution in [0, 0.1) is 11.3 Å². The second kappa shape index (κ2) is 10.8. The molecule has 0 radical (unpaired) electrons. The first-order valence-electron chi connectivity index (χ1n) is 12.3. The summed E-state index contributed by atoms with van der Waals surface area (Å²) in [5.74, 6) is -0.246. The predicted molar refractivity (Wildman–Crippen MR) is 132 cm³/mol. The number of carbonyl (C=O) groups excluding carboxylic acids is 2. The van der Waals surface area contributed by atoms with Gasteiger partial charge in [-0.15, -0.1) is 0 Å². The van der Waals surface area contributed by atoms with Gasteiger partial charge in [-0.3, -0.25) is 9.59 Å². The van der Waals surface area contributed by atoms with Crippen LogP contribution in [0.1, 0.15) is 56.4 Å². The van der Waals surface area contributed by atoms with Crippen molar-refractivity contribution in [3.05, 3.63) is 18.0 Å². The molecular weight excluding hydrogens is 454 g/mol. The van der Waals surface area contributed by atoms with Gasteiger partial charge < -0.3 is 19.7 Å². The van der Waals surface area contributed by atoms with E-state index in [1.165, 1.54) is 16.6 Å². The summed E-state index contributed by atoms with van der Waals surface area (Å²) in [6.45, 7) is 7.79. The first-order valence-corrected chi connectivity index (χ1v) is 13.7. The largest absolute Gasteiger partial charge is 0.355 e. The van der Waals surface area contributed by atoms with Gasteiger partial charge in [-0.2, -0.15) is 4.31 Å². The quantitative estimate of drug-likeness (QED) is 0.593. The topological polar surface area (TPSA) is 95.0 Å². The number of aromatic nitrogens is 1. The van der Waals surface area contributed by atoms with Crippen LogP contribution >= 0.6 is 0 Å². The third kappa shape index (κ3) is 6.40. The summed E-state index contributed by atoms with van der Waals surface area (Å²) in [7, 11) is 2.16. The van der Waals surface area contributed by atoms with E-state index in [0.29, 0.717) is 51.3 Å². The molecule has 3 rings (SSSR count). The zero-order chi connectivity index (χ0) is 25.1. The molecule has 192 valence electrons. The van der Waals surface area contributed by atoms with Gasteiger partial charge in [-0.05, 0) is 51.3 Å². The van der Waals surface area contributed by atoms with Gasteiger partial charge >= 0.3 is 0 Å². The van der Waals surface area contributed by atoms with Crippen LogP contribution in [0.4, 0.5) is 0 Å². The van der Waals surface area contributed by atoms with Crippen LogP contribution in [0.15, 0.2) is 17.2 Å². The second-order valence-corrected chi connectivity index (χ2v) is 12.8. The number of sulfonamides is 1. The Morgan fingerprint density at radius 2 is 1.71 bits per heavy atom. The monoisotopic (exact) mass is 495 g/mol. The summed E-state index contributed by atoms with van der Waals surface area (Å²) in [5.41, 5.74) is 0.345. The highest BCUT2D eigenvalue weighted by molar-refractivity contribution is 7.89. The molecule has 1 N–H and O–H groups in total. The number of carbonyl (C=O) groups is 2. The van der Waals surface area contributed by atoms with Gasteiger partial charge in [0.05, 0.1) is 0 Å². The molecule has 2 aliphatic heterocycles. The van der Waals surface area contributed by atoms with E-state index < -0.39 is 10.0 Å². The van der Waals surface area contributed by atoms with E-state index in [1.54, 1.807) is 16.5 Å². The Bertz CT molecular complexity index is 971. The molecule has 1 aromatic rings. The average Bonchev–Trinajstić information content (AvgIpc) is 3.19. The Morgan fingerprint density at radius 3 is 2.29 bits per heavy atom. The van der Waals surface area contributed by atoms with Gasteiger partial charge in [0, 0.05) is 58.4 Å². The third-order valence-corrected chi connectivity index (χ3v) is 8.65. The zero-order valence-electron chi connectivity index (χ0n) is 21.3. The normalized spacial score (nSPS) is 18.9. The summed E-state index contributed by atoms with van der Waals surface area (Å²) in [4.78, 5) is 29.9. The van der Waals surface area contributed by atoms with Crippen molar-refractivity contribution in [2.45, 2.75) is 50.8 Å². The number of likely N-dealkylation sites (tertiary alicyclic amines) is 1. The fourth-order valence-electron chi connectivity index (χ4n) is 5.03. The molecule has 0 saturated carbocycles. The number of nitrogens with one attached hydrogen (secondary N) is 1. The molecule has 9 nitrogen and oxygen atoms in total. The summed E-state index contributed by atoms with van der Waals surface area (Å²) in [6, 6.07) is 1.50. The molecule has 2 fully saturated rings. The summed E-state index contributed by atoms with van der Waals surface area (Å²) >= 11 is 0. The summed E-state index contributed by atoms with van der Waals surface area (Å²) < 4.78 is 29.1. The second-order valence-electron chi connectivity index (χ2n) is 10.8. The molecule has 0 bridgehead atoms. The van der Waals surface area contributed by atoms with Crippen LogP contribution in [-0.4, -0.2) is 92.3 Å². The van der Waals surface area contributed by atoms with Crippen molar-refractivity contribution in [2.24, 2.45) is 18.4 Å². The molecule has 2 saturated heterocycles. The third-order valence-electron chi connectivity index (χ3n) is 6.79. The van der Waals surface area contributed by atoms with Crippen molar-refractivity contribution in [3.8, 4) is 0 Å². The van der Waals surface area contributed by atoms with E-state index in [0.717, 1.165) is 25.8 Å². The molecule has 0 unspecified atom stereocenters. The molecule has 34 heavy (non-hydrogen) atoms. The lowest BCUT2D eigenvalue weighted by Gasteiger charge is -2.33. The maximum atomic E-state index is 13.2. The molecule has 1 aromatic heterocycles. The van der Waals surface area contributed by atoms with Gasteiger partial charge in [0.2, 0.25) is 15.9 Å². The van der Waals surface area contributed by atoms with Crippen molar-refractivity contribution in [3.63, 3.8) is 0 Å². The minimum absolute atomic E-state index is 0.0192. The Kier molecular flexibility index (Phi) is 8.47. The minimum atomic E-state index is -3.59. The van der Waals surface area contributed by atoms with Gasteiger partial charge in [-0.25, -0.2) is 8.42 Å². The number of hydrogen-bond donors (Lipinski definition) is 1. The van der Waals surface area contributed by atoms with E-state index in [9.17, 15) is 18.0 Å². The standard InChI is InChI=1S/C24H41N5O4S/c1-24(2,18-26(3)4)17-25-22(30)19-9-13-28(14-10-19)23(31)21-15-20(16-27(21)5)34(32,33)29-11-7-6-8-12-29/h15-16,19H,6-14,17-18H2,1-5H3,(H,25,30). The Morgan fingerprint density at radius 1 is 1.09 bits per heavy atom. The van der Waals surface area contributed by atoms with Crippen molar-refractivity contribution < 1.29 is 18.0 Å². The van der Waals surface area contributed by atoms with E-state index in [-0.39, 0.29) is 28.0 Å². The van der Waals surface area contributed by atoms with Crippen LogP contribution in [0.3, 0.4) is 0 Å². The smallest absolute Gasteiger partial charge is 0.270 e. The maximum absolute atomic E-state index is 13.2. The van der Waals surface area contributed by atoms with Crippen LogP contribution in [-0.2, 0) is 21.9 Å². The highest BCUT2D eigenvalue weighted by Crippen LogP contribution is 2.25. The number of amides is 2. The van der Waals surface area contributed by atoms with Gasteiger partial charge in [-0.1, -0.05) is 20.3 Å². The molecular formula is C24H41N5O4S. The van der Waals surface area contributed by atoms with E-state index >= 15 is 0 Å². The van der Waals surface area contributed by atoms with Crippen molar-refractivity contribution in [2.75, 3.05) is 53.4 Å². The molecule has 0 aliphatic carbocycles. The first-order chi connectivity index (χ1) is 15.9. The zero-order valence-corrected chi connectivity index (χ0v) is 22.2. The van der Waals surface area contributed by atoms with Crippen molar-refractivity contribution in [1.82, 2.24) is 24.0 Å². The van der Waals surface area contributed by atoms with Gasteiger partial charge in [0.25, 0.3) is 5.91 Å². The van der Waals surface area contributed by atoms with Gasteiger partial charge in [0.15, 0.2) is 0 Å². The fraction of sp³-hybridized carbons (Fsp3) is 0.750. The van der Waals surface area contributed by atoms with Crippen LogP contribution in [0.25, 0.3) is 0 Å². The highest BCUT2D eigenvalue weighted by Gasteiger charge is 2.32. The number of nitrogens with zero attached hydrogens (tertiary/aromatic N) is 4. The van der Waals surface area contributed by atoms with Gasteiger partial charge in [0.1, 0.15) is 10.6 Å². The fourth-order valence-corrected chi connectivity index (χ4v) is 6.62. The summed E-state index contributed by atoms with van der Waals surface area (Å²) in [5, 5.41) is 3.09. The Hall–Kier alpha value is -1.91. The SMILES string of the molecule is CN(C)CC(C)(C)CNC(=O)C1CCN(C(=O)c2cc(S(=O)(=O)N3CCCCC3)cn2C)CC1. The van der Waals surface area contributed by atoms with Crippen LogP contribution in [0.5, 0.6) is 0 Å².